The molecule has 0 bridgehead atoms. The number of benzene rings is 2. The van der Waals surface area contributed by atoms with Gasteiger partial charge in [-0.25, -0.2) is 0 Å². The summed E-state index contributed by atoms with van der Waals surface area (Å²) in [4.78, 5) is 12.3. The maximum absolute atomic E-state index is 12.3. The molecule has 3 nitrogen and oxygen atoms in total. The maximum atomic E-state index is 12.3. The molecule has 5 heteroatoms. The van der Waals surface area contributed by atoms with Crippen LogP contribution >= 0.6 is 28.1 Å². The van der Waals surface area contributed by atoms with Gasteiger partial charge < -0.3 is 5.32 Å². The van der Waals surface area contributed by atoms with Crippen molar-refractivity contribution >= 4 is 44.9 Å². The van der Waals surface area contributed by atoms with E-state index in [9.17, 15) is 4.79 Å². The first-order chi connectivity index (χ1) is 10.8. The van der Waals surface area contributed by atoms with Crippen LogP contribution in [0.1, 0.15) is 32.6 Å². The van der Waals surface area contributed by atoms with E-state index in [1.807, 2.05) is 26.8 Å². The fraction of sp³-hybridized carbons (Fsp3) is 0.222. The summed E-state index contributed by atoms with van der Waals surface area (Å²) < 4.78 is 0.897. The maximum Gasteiger partial charge on any atom is 0.257 e. The quantitative estimate of drug-likeness (QED) is 0.722. The summed E-state index contributed by atoms with van der Waals surface area (Å²) in [6, 6.07) is 9.62. The molecule has 0 saturated heterocycles. The second-order valence-corrected chi connectivity index (χ2v) is 6.91. The highest BCUT2D eigenvalue weighted by molar-refractivity contribution is 9.10. The molecule has 120 valence electrons. The lowest BCUT2D eigenvalue weighted by Crippen LogP contribution is -2.34. The van der Waals surface area contributed by atoms with E-state index in [4.69, 9.17) is 12.2 Å². The van der Waals surface area contributed by atoms with Gasteiger partial charge >= 0.3 is 0 Å². The van der Waals surface area contributed by atoms with Gasteiger partial charge in [-0.1, -0.05) is 39.7 Å². The number of thiocarbonyl (C=S) groups is 1. The van der Waals surface area contributed by atoms with Gasteiger partial charge in [0.05, 0.1) is 0 Å². The van der Waals surface area contributed by atoms with Crippen molar-refractivity contribution in [1.82, 2.24) is 5.32 Å². The molecule has 0 aliphatic heterocycles. The molecular weight excluding hydrogens is 372 g/mol. The standard InChI is InChI=1S/C18H19BrN2OS/c1-10-7-12(3)16(13(4)8-10)20-18(23)21-17(22)14-6-5-11(2)15(19)9-14/h5-9H,1-4H3,(H2,20,21,22,23). The molecule has 2 N–H and O–H groups in total. The van der Waals surface area contributed by atoms with Crippen LogP contribution in [-0.2, 0) is 0 Å². The van der Waals surface area contributed by atoms with Crippen LogP contribution in [0.15, 0.2) is 34.8 Å². The second-order valence-electron chi connectivity index (χ2n) is 5.65. The third-order valence-corrected chi connectivity index (χ3v) is 4.64. The predicted molar refractivity (Wildman–Crippen MR) is 103 cm³/mol. The molecule has 0 atom stereocenters. The van der Waals surface area contributed by atoms with Crippen LogP contribution in [-0.4, -0.2) is 11.0 Å². The minimum atomic E-state index is -0.231. The average Bonchev–Trinajstić information content (AvgIpc) is 2.45. The van der Waals surface area contributed by atoms with E-state index in [-0.39, 0.29) is 5.91 Å². The molecule has 0 spiro atoms. The number of rotatable bonds is 2. The fourth-order valence-corrected chi connectivity index (χ4v) is 3.00. The first-order valence-electron chi connectivity index (χ1n) is 7.24. The normalized spacial score (nSPS) is 10.3. The Morgan fingerprint density at radius 1 is 1.00 bits per heavy atom. The Balaban J connectivity index is 2.10. The Kier molecular flexibility index (Phi) is 5.55. The van der Waals surface area contributed by atoms with Crippen LogP contribution in [0.4, 0.5) is 5.69 Å². The van der Waals surface area contributed by atoms with E-state index in [2.05, 4.69) is 45.6 Å². The third-order valence-electron chi connectivity index (χ3n) is 3.58. The summed E-state index contributed by atoms with van der Waals surface area (Å²) in [7, 11) is 0. The molecular formula is C18H19BrN2OS. The second kappa shape index (κ2) is 7.23. The van der Waals surface area contributed by atoms with E-state index in [0.29, 0.717) is 10.7 Å². The van der Waals surface area contributed by atoms with Gasteiger partial charge in [0.15, 0.2) is 5.11 Å². The lowest BCUT2D eigenvalue weighted by molar-refractivity contribution is 0.0977. The number of hydrogen-bond acceptors (Lipinski definition) is 2. The third kappa shape index (κ3) is 4.39. The Hall–Kier alpha value is -1.72. The Labute approximate surface area is 150 Å². The highest BCUT2D eigenvalue weighted by Crippen LogP contribution is 2.22. The minimum Gasteiger partial charge on any atom is -0.332 e. The van der Waals surface area contributed by atoms with Crippen molar-refractivity contribution in [3.63, 3.8) is 0 Å². The molecule has 0 aromatic heterocycles. The molecule has 2 aromatic rings. The highest BCUT2D eigenvalue weighted by Gasteiger charge is 2.11. The van der Waals surface area contributed by atoms with Crippen molar-refractivity contribution in [2.75, 3.05) is 5.32 Å². The van der Waals surface area contributed by atoms with Crippen molar-refractivity contribution in [3.05, 3.63) is 62.6 Å². The summed E-state index contributed by atoms with van der Waals surface area (Å²) in [5.41, 5.74) is 5.96. The Bertz CT molecular complexity index is 764. The fourth-order valence-electron chi connectivity index (χ4n) is 2.43. The van der Waals surface area contributed by atoms with Gasteiger partial charge in [0, 0.05) is 15.7 Å². The molecule has 0 unspecified atom stereocenters. The minimum absolute atomic E-state index is 0.231. The van der Waals surface area contributed by atoms with E-state index < -0.39 is 0 Å². The molecule has 2 aromatic carbocycles. The molecule has 23 heavy (non-hydrogen) atoms. The average molecular weight is 391 g/mol. The first kappa shape index (κ1) is 17.6. The molecule has 1 amide bonds. The number of halogens is 1. The van der Waals surface area contributed by atoms with Crippen LogP contribution in [0.25, 0.3) is 0 Å². The van der Waals surface area contributed by atoms with E-state index >= 15 is 0 Å². The van der Waals surface area contributed by atoms with Gasteiger partial charge in [-0.15, -0.1) is 0 Å². The van der Waals surface area contributed by atoms with E-state index in [0.717, 1.165) is 26.9 Å². The topological polar surface area (TPSA) is 41.1 Å². The molecule has 0 aliphatic rings. The lowest BCUT2D eigenvalue weighted by Gasteiger charge is -2.15. The molecule has 0 fully saturated rings. The zero-order valence-corrected chi connectivity index (χ0v) is 16.0. The van der Waals surface area contributed by atoms with Crippen LogP contribution < -0.4 is 10.6 Å². The van der Waals surface area contributed by atoms with Gasteiger partial charge in [-0.05, 0) is 68.7 Å². The molecule has 0 heterocycles. The lowest BCUT2D eigenvalue weighted by atomic mass is 10.1. The summed E-state index contributed by atoms with van der Waals surface area (Å²) in [6.07, 6.45) is 0. The number of nitrogens with one attached hydrogen (secondary N) is 2. The summed E-state index contributed by atoms with van der Waals surface area (Å²) >= 11 is 8.70. The largest absolute Gasteiger partial charge is 0.332 e. The number of amides is 1. The monoisotopic (exact) mass is 390 g/mol. The number of carbonyl (C=O) groups excluding carboxylic acids is 1. The molecule has 0 saturated carbocycles. The first-order valence-corrected chi connectivity index (χ1v) is 8.44. The number of aryl methyl sites for hydroxylation is 4. The van der Waals surface area contributed by atoms with E-state index in [1.54, 1.807) is 12.1 Å². The SMILES string of the molecule is Cc1cc(C)c(NC(=S)NC(=O)c2ccc(C)c(Br)c2)c(C)c1. The number of carbonyl (C=O) groups is 1. The van der Waals surface area contributed by atoms with Crippen LogP contribution in [0.5, 0.6) is 0 Å². The van der Waals surface area contributed by atoms with Gasteiger partial charge in [-0.2, -0.15) is 0 Å². The van der Waals surface area contributed by atoms with Crippen molar-refractivity contribution in [2.24, 2.45) is 0 Å². The van der Waals surface area contributed by atoms with Crippen molar-refractivity contribution < 1.29 is 4.79 Å². The van der Waals surface area contributed by atoms with Crippen molar-refractivity contribution in [2.45, 2.75) is 27.7 Å². The predicted octanol–water partition coefficient (Wildman–Crippen LogP) is 4.81. The molecule has 0 radical (unpaired) electrons. The van der Waals surface area contributed by atoms with Crippen LogP contribution in [0.3, 0.4) is 0 Å². The van der Waals surface area contributed by atoms with Gasteiger partial charge in [0.25, 0.3) is 5.91 Å². The summed E-state index contributed by atoms with van der Waals surface area (Å²) in [5, 5.41) is 6.13. The van der Waals surface area contributed by atoms with E-state index in [1.165, 1.54) is 5.56 Å². The number of anilines is 1. The van der Waals surface area contributed by atoms with Crippen LogP contribution in [0, 0.1) is 27.7 Å². The Morgan fingerprint density at radius 2 is 1.61 bits per heavy atom. The summed E-state index contributed by atoms with van der Waals surface area (Å²) in [6.45, 7) is 8.06. The molecule has 2 rings (SSSR count). The Morgan fingerprint density at radius 3 is 2.17 bits per heavy atom. The van der Waals surface area contributed by atoms with Gasteiger partial charge in [0.2, 0.25) is 0 Å². The van der Waals surface area contributed by atoms with Gasteiger partial charge in [0.1, 0.15) is 0 Å². The zero-order valence-electron chi connectivity index (χ0n) is 13.6. The van der Waals surface area contributed by atoms with Crippen molar-refractivity contribution in [3.8, 4) is 0 Å². The van der Waals surface area contributed by atoms with Crippen LogP contribution in [0.2, 0.25) is 0 Å². The summed E-state index contributed by atoms with van der Waals surface area (Å²) in [5.74, 6) is -0.231. The molecule has 0 aliphatic carbocycles. The van der Waals surface area contributed by atoms with Gasteiger partial charge in [-0.3, -0.25) is 10.1 Å². The zero-order chi connectivity index (χ0) is 17.1. The smallest absolute Gasteiger partial charge is 0.257 e. The highest BCUT2D eigenvalue weighted by atomic mass is 79.9. The number of hydrogen-bond donors (Lipinski definition) is 2. The van der Waals surface area contributed by atoms with Crippen molar-refractivity contribution in [1.29, 1.82) is 0 Å².